The van der Waals surface area contributed by atoms with Crippen LogP contribution in [0.4, 0.5) is 4.39 Å². The van der Waals surface area contributed by atoms with E-state index in [1.54, 1.807) is 0 Å². The van der Waals surface area contributed by atoms with Crippen molar-refractivity contribution in [3.8, 4) is 0 Å². The van der Waals surface area contributed by atoms with Crippen molar-refractivity contribution >= 4 is 0 Å². The van der Waals surface area contributed by atoms with Crippen LogP contribution < -0.4 is 21.2 Å². The number of unbranched alkanes of at least 4 members (excludes halogenated alkanes) is 7. The second-order valence-electron chi connectivity index (χ2n) is 7.18. The fourth-order valence-electron chi connectivity index (χ4n) is 3.16. The molecule has 1 atom stereocenters. The summed E-state index contributed by atoms with van der Waals surface area (Å²) in [7, 11) is 0. The zero-order chi connectivity index (χ0) is 20.0. The third-order valence-electron chi connectivity index (χ3n) is 4.81. The van der Waals surface area contributed by atoms with Gasteiger partial charge in [-0.05, 0) is 24.1 Å². The topological polar surface area (TPSA) is 20.2 Å². The lowest BCUT2D eigenvalue weighted by Crippen LogP contribution is -3.61. The molecule has 0 spiro atoms. The first-order chi connectivity index (χ1) is 13.7. The van der Waals surface area contributed by atoms with Gasteiger partial charge >= 0.3 is 21.2 Å². The normalized spacial score (nSPS) is 13.2. The largest absolute Gasteiger partial charge is 0.379 e. The van der Waals surface area contributed by atoms with Crippen LogP contribution in [0.3, 0.4) is 0 Å². The van der Waals surface area contributed by atoms with Crippen LogP contribution in [0.15, 0.2) is 70.1 Å². The fraction of sp³-hybridized carbons (Fsp3) is 0.440. The Labute approximate surface area is 180 Å². The Morgan fingerprint density at radius 3 is 1.96 bits per heavy atom. The Hall–Kier alpha value is -1.20. The van der Waals surface area contributed by atoms with Crippen LogP contribution in [-0.2, 0) is 0 Å². The Kier molecular flexibility index (Phi) is 11.5. The standard InChI is InChI=1S/C25H33FIO/c1-2-3-4-5-6-7-8-15-20-23(26)24(27-22-18-13-10-14-19-22)25(28)21-16-11-9-12-17-21/h9-14,16-19,25,28H,2-8,15,20H2,1H3/q+1/b24-23-. The van der Waals surface area contributed by atoms with Crippen molar-refractivity contribution in [2.24, 2.45) is 0 Å². The van der Waals surface area contributed by atoms with Gasteiger partial charge in [0.2, 0.25) is 3.58 Å². The highest BCUT2D eigenvalue weighted by Crippen LogP contribution is 2.22. The molecular formula is C25H33FIO+. The van der Waals surface area contributed by atoms with Gasteiger partial charge < -0.3 is 5.11 Å². The first kappa shape index (κ1) is 23.1. The lowest BCUT2D eigenvalue weighted by atomic mass is 10.1. The second-order valence-corrected chi connectivity index (χ2v) is 10.1. The van der Waals surface area contributed by atoms with Gasteiger partial charge in [-0.15, -0.1) is 0 Å². The molecule has 1 unspecified atom stereocenters. The highest BCUT2D eigenvalue weighted by atomic mass is 127. The molecule has 0 radical (unpaired) electrons. The van der Waals surface area contributed by atoms with E-state index >= 15 is 4.39 Å². The molecule has 0 amide bonds. The third-order valence-corrected chi connectivity index (χ3v) is 7.91. The van der Waals surface area contributed by atoms with Crippen molar-refractivity contribution in [1.29, 1.82) is 0 Å². The summed E-state index contributed by atoms with van der Waals surface area (Å²) in [5.41, 5.74) is 0.777. The quantitative estimate of drug-likeness (QED) is 0.323. The number of hydrogen-bond donors (Lipinski definition) is 1. The maximum atomic E-state index is 15.1. The van der Waals surface area contributed by atoms with Crippen LogP contribution in [-0.4, -0.2) is 5.11 Å². The van der Waals surface area contributed by atoms with Crippen LogP contribution in [0.25, 0.3) is 0 Å². The number of rotatable bonds is 13. The molecule has 0 heterocycles. The monoisotopic (exact) mass is 495 g/mol. The maximum Gasteiger partial charge on any atom is 0.359 e. The van der Waals surface area contributed by atoms with Gasteiger partial charge in [0, 0.05) is 6.42 Å². The van der Waals surface area contributed by atoms with Crippen LogP contribution >= 0.6 is 0 Å². The molecule has 2 rings (SSSR count). The summed E-state index contributed by atoms with van der Waals surface area (Å²) in [5.74, 6) is -0.0982. The molecule has 0 aromatic heterocycles. The molecule has 2 aromatic rings. The average molecular weight is 495 g/mol. The Morgan fingerprint density at radius 2 is 1.36 bits per heavy atom. The number of halogens is 2. The minimum absolute atomic E-state index is 0.0982. The predicted molar refractivity (Wildman–Crippen MR) is 112 cm³/mol. The van der Waals surface area contributed by atoms with E-state index in [1.165, 1.54) is 38.5 Å². The van der Waals surface area contributed by atoms with Gasteiger partial charge in [-0.1, -0.05) is 100 Å². The molecule has 0 aliphatic heterocycles. The smallest absolute Gasteiger partial charge is 0.359 e. The number of aliphatic hydroxyl groups is 1. The molecular weight excluding hydrogens is 462 g/mol. The third kappa shape index (κ3) is 8.44. The predicted octanol–water partition coefficient (Wildman–Crippen LogP) is 4.39. The van der Waals surface area contributed by atoms with Gasteiger partial charge in [-0.2, -0.15) is 0 Å². The fourth-order valence-corrected chi connectivity index (χ4v) is 5.82. The van der Waals surface area contributed by atoms with E-state index in [0.717, 1.165) is 22.0 Å². The molecule has 2 aromatic carbocycles. The summed E-state index contributed by atoms with van der Waals surface area (Å²) >= 11 is -0.727. The molecule has 0 aliphatic carbocycles. The summed E-state index contributed by atoms with van der Waals surface area (Å²) < 4.78 is 16.9. The number of benzene rings is 2. The van der Waals surface area contributed by atoms with Gasteiger partial charge in [0.05, 0.1) is 0 Å². The first-order valence-electron chi connectivity index (χ1n) is 10.5. The Bertz CT molecular complexity index is 684. The van der Waals surface area contributed by atoms with Crippen LogP contribution in [0.1, 0.15) is 76.4 Å². The van der Waals surface area contributed by atoms with Gasteiger partial charge in [0.15, 0.2) is 9.40 Å². The van der Waals surface area contributed by atoms with Gasteiger partial charge in [0.1, 0.15) is 6.10 Å². The Balaban J connectivity index is 1.96. The van der Waals surface area contributed by atoms with E-state index in [9.17, 15) is 5.11 Å². The average Bonchev–Trinajstić information content (AvgIpc) is 2.74. The molecule has 0 fully saturated rings. The van der Waals surface area contributed by atoms with Crippen molar-refractivity contribution in [3.05, 3.63) is 79.2 Å². The molecule has 28 heavy (non-hydrogen) atoms. The number of aliphatic hydroxyl groups excluding tert-OH is 1. The van der Waals surface area contributed by atoms with Crippen LogP contribution in [0, 0.1) is 3.57 Å². The van der Waals surface area contributed by atoms with Crippen LogP contribution in [0.5, 0.6) is 0 Å². The minimum atomic E-state index is -0.844. The second kappa shape index (κ2) is 13.9. The van der Waals surface area contributed by atoms with E-state index in [-0.39, 0.29) is 5.83 Å². The maximum absolute atomic E-state index is 15.1. The molecule has 0 aliphatic rings. The van der Waals surface area contributed by atoms with Crippen LogP contribution in [0.2, 0.25) is 0 Å². The summed E-state index contributed by atoms with van der Waals surface area (Å²) in [6.07, 6.45) is 9.17. The van der Waals surface area contributed by atoms with Gasteiger partial charge in [-0.3, -0.25) is 0 Å². The van der Waals surface area contributed by atoms with E-state index in [1.807, 2.05) is 60.7 Å². The van der Waals surface area contributed by atoms with Gasteiger partial charge in [-0.25, -0.2) is 4.39 Å². The Morgan fingerprint density at radius 1 is 0.821 bits per heavy atom. The van der Waals surface area contributed by atoms with Gasteiger partial charge in [0.25, 0.3) is 0 Å². The zero-order valence-corrected chi connectivity index (χ0v) is 19.1. The highest BCUT2D eigenvalue weighted by Gasteiger charge is 2.32. The SMILES string of the molecule is CCCCCCCCCC/C(F)=C(/[I+]c1ccccc1)C(O)c1ccccc1. The van der Waals surface area contributed by atoms with Crippen molar-refractivity contribution in [2.45, 2.75) is 70.8 Å². The van der Waals surface area contributed by atoms with Crippen molar-refractivity contribution in [2.75, 3.05) is 0 Å². The molecule has 0 saturated heterocycles. The molecule has 1 N–H and O–H groups in total. The summed E-state index contributed by atoms with van der Waals surface area (Å²) in [6, 6.07) is 19.5. The minimum Gasteiger partial charge on any atom is -0.379 e. The molecule has 0 saturated carbocycles. The molecule has 152 valence electrons. The van der Waals surface area contributed by atoms with E-state index < -0.39 is 27.3 Å². The molecule has 3 heteroatoms. The highest BCUT2D eigenvalue weighted by molar-refractivity contribution is 5.24. The lowest BCUT2D eigenvalue weighted by Gasteiger charge is -2.09. The first-order valence-corrected chi connectivity index (χ1v) is 12.7. The lowest BCUT2D eigenvalue weighted by molar-refractivity contribution is -0.586. The summed E-state index contributed by atoms with van der Waals surface area (Å²) in [6.45, 7) is 2.23. The molecule has 0 bridgehead atoms. The van der Waals surface area contributed by atoms with E-state index in [2.05, 4.69) is 6.92 Å². The van der Waals surface area contributed by atoms with Crippen molar-refractivity contribution in [1.82, 2.24) is 0 Å². The summed E-state index contributed by atoms with van der Waals surface area (Å²) in [4.78, 5) is 0. The van der Waals surface area contributed by atoms with E-state index in [4.69, 9.17) is 0 Å². The zero-order valence-electron chi connectivity index (χ0n) is 16.9. The number of allylic oxidation sites excluding steroid dienone is 1. The molecule has 1 nitrogen and oxygen atoms in total. The van der Waals surface area contributed by atoms with Crippen molar-refractivity contribution in [3.63, 3.8) is 0 Å². The number of hydrogen-bond acceptors (Lipinski definition) is 1. The van der Waals surface area contributed by atoms with E-state index in [0.29, 0.717) is 10.0 Å². The summed E-state index contributed by atoms with van der Waals surface area (Å²) in [5, 5.41) is 10.9. The van der Waals surface area contributed by atoms with Crippen molar-refractivity contribution < 1.29 is 30.7 Å².